The minimum atomic E-state index is -3.79. The van der Waals surface area contributed by atoms with Crippen molar-refractivity contribution < 1.29 is 13.2 Å². The van der Waals surface area contributed by atoms with E-state index in [1.807, 2.05) is 25.3 Å². The standard InChI is InChI=1S/C20H25ClN2O3S2/c1-15-7-9-18(10-8-15)28(25,26)22-19(11-12-27-3)20(24)23(2)14-16-5-4-6-17(21)13-16/h4-10,13,19,22H,11-12,14H2,1-3H3. The van der Waals surface area contributed by atoms with Gasteiger partial charge in [0.15, 0.2) is 0 Å². The summed E-state index contributed by atoms with van der Waals surface area (Å²) in [6.45, 7) is 2.24. The number of benzene rings is 2. The lowest BCUT2D eigenvalue weighted by Crippen LogP contribution is -2.47. The van der Waals surface area contributed by atoms with Gasteiger partial charge in [-0.3, -0.25) is 4.79 Å². The van der Waals surface area contributed by atoms with E-state index in [-0.39, 0.29) is 10.8 Å². The number of rotatable bonds is 9. The Kier molecular flexibility index (Phi) is 8.37. The normalized spacial score (nSPS) is 12.6. The zero-order valence-electron chi connectivity index (χ0n) is 16.2. The summed E-state index contributed by atoms with van der Waals surface area (Å²) in [7, 11) is -2.13. The van der Waals surface area contributed by atoms with Crippen LogP contribution in [0.15, 0.2) is 53.4 Å². The molecule has 2 rings (SSSR count). The van der Waals surface area contributed by atoms with Crippen LogP contribution in [0.4, 0.5) is 0 Å². The third-order valence-electron chi connectivity index (χ3n) is 4.22. The second-order valence-corrected chi connectivity index (χ2v) is 9.73. The quantitative estimate of drug-likeness (QED) is 0.645. The van der Waals surface area contributed by atoms with Gasteiger partial charge in [0.1, 0.15) is 6.04 Å². The van der Waals surface area contributed by atoms with Gasteiger partial charge in [-0.1, -0.05) is 41.4 Å². The van der Waals surface area contributed by atoms with Crippen molar-refractivity contribution in [3.63, 3.8) is 0 Å². The van der Waals surface area contributed by atoms with Gasteiger partial charge in [-0.05, 0) is 55.2 Å². The van der Waals surface area contributed by atoms with Crippen LogP contribution in [-0.2, 0) is 21.4 Å². The number of sulfonamides is 1. The molecule has 0 aliphatic carbocycles. The van der Waals surface area contributed by atoms with Gasteiger partial charge in [-0.25, -0.2) is 8.42 Å². The third kappa shape index (κ3) is 6.51. The molecule has 152 valence electrons. The fourth-order valence-electron chi connectivity index (χ4n) is 2.69. The van der Waals surface area contributed by atoms with Gasteiger partial charge >= 0.3 is 0 Å². The first kappa shape index (κ1) is 22.7. The molecule has 8 heteroatoms. The van der Waals surface area contributed by atoms with Gasteiger partial charge < -0.3 is 4.90 Å². The van der Waals surface area contributed by atoms with Crippen LogP contribution in [0.5, 0.6) is 0 Å². The molecule has 5 nitrogen and oxygen atoms in total. The van der Waals surface area contributed by atoms with E-state index < -0.39 is 16.1 Å². The zero-order valence-corrected chi connectivity index (χ0v) is 18.6. The van der Waals surface area contributed by atoms with E-state index in [0.29, 0.717) is 23.7 Å². The van der Waals surface area contributed by atoms with E-state index >= 15 is 0 Å². The van der Waals surface area contributed by atoms with Gasteiger partial charge in [0.25, 0.3) is 0 Å². The van der Waals surface area contributed by atoms with Gasteiger partial charge in [-0.2, -0.15) is 16.5 Å². The Morgan fingerprint density at radius 1 is 1.21 bits per heavy atom. The molecule has 0 radical (unpaired) electrons. The molecule has 2 aromatic carbocycles. The third-order valence-corrected chi connectivity index (χ3v) is 6.59. The molecule has 1 N–H and O–H groups in total. The predicted octanol–water partition coefficient (Wildman–Crippen LogP) is 3.71. The summed E-state index contributed by atoms with van der Waals surface area (Å²) < 4.78 is 28.1. The molecule has 0 fully saturated rings. The smallest absolute Gasteiger partial charge is 0.241 e. The summed E-state index contributed by atoms with van der Waals surface area (Å²) in [5, 5.41) is 0.595. The number of nitrogens with one attached hydrogen (secondary N) is 1. The number of carbonyl (C=O) groups is 1. The van der Waals surface area contributed by atoms with Crippen LogP contribution in [-0.4, -0.2) is 44.3 Å². The molecule has 1 amide bonds. The maximum Gasteiger partial charge on any atom is 0.241 e. The summed E-state index contributed by atoms with van der Waals surface area (Å²) in [5.41, 5.74) is 1.85. The highest BCUT2D eigenvalue weighted by atomic mass is 35.5. The van der Waals surface area contributed by atoms with Crippen LogP contribution in [0, 0.1) is 6.92 Å². The second-order valence-electron chi connectivity index (χ2n) is 6.59. The average molecular weight is 441 g/mol. The highest BCUT2D eigenvalue weighted by molar-refractivity contribution is 7.98. The molecule has 0 aliphatic heterocycles. The molecule has 1 unspecified atom stereocenters. The minimum absolute atomic E-state index is 0.151. The van der Waals surface area contributed by atoms with Crippen molar-refractivity contribution in [2.45, 2.75) is 30.8 Å². The van der Waals surface area contributed by atoms with Crippen LogP contribution in [0.25, 0.3) is 0 Å². The van der Waals surface area contributed by atoms with Crippen molar-refractivity contribution >= 4 is 39.3 Å². The zero-order chi connectivity index (χ0) is 20.7. The molecule has 0 spiro atoms. The lowest BCUT2D eigenvalue weighted by Gasteiger charge is -2.24. The fourth-order valence-corrected chi connectivity index (χ4v) is 4.60. The van der Waals surface area contributed by atoms with Crippen molar-refractivity contribution in [2.75, 3.05) is 19.1 Å². The van der Waals surface area contributed by atoms with Crippen molar-refractivity contribution in [3.05, 3.63) is 64.7 Å². The first-order valence-corrected chi connectivity index (χ1v) is 12.1. The van der Waals surface area contributed by atoms with Crippen LogP contribution in [0.2, 0.25) is 5.02 Å². The molecule has 1 atom stereocenters. The SMILES string of the molecule is CSCCC(NS(=O)(=O)c1ccc(C)cc1)C(=O)N(C)Cc1cccc(Cl)c1. The van der Waals surface area contributed by atoms with Crippen molar-refractivity contribution in [1.29, 1.82) is 0 Å². The molecule has 2 aromatic rings. The highest BCUT2D eigenvalue weighted by Crippen LogP contribution is 2.15. The fraction of sp³-hybridized carbons (Fsp3) is 0.350. The second kappa shape index (κ2) is 10.3. The number of halogens is 1. The monoisotopic (exact) mass is 440 g/mol. The first-order chi connectivity index (χ1) is 13.2. The summed E-state index contributed by atoms with van der Waals surface area (Å²) in [4.78, 5) is 14.6. The lowest BCUT2D eigenvalue weighted by molar-refractivity contribution is -0.132. The average Bonchev–Trinajstić information content (AvgIpc) is 2.64. The number of aryl methyl sites for hydroxylation is 1. The van der Waals surface area contributed by atoms with Gasteiger partial charge in [0.2, 0.25) is 15.9 Å². The Bertz CT molecular complexity index is 902. The molecular weight excluding hydrogens is 416 g/mol. The predicted molar refractivity (Wildman–Crippen MR) is 116 cm³/mol. The van der Waals surface area contributed by atoms with Crippen molar-refractivity contribution in [3.8, 4) is 0 Å². The number of carbonyl (C=O) groups excluding carboxylic acids is 1. The highest BCUT2D eigenvalue weighted by Gasteiger charge is 2.27. The van der Waals surface area contributed by atoms with E-state index in [1.54, 1.807) is 55.2 Å². The van der Waals surface area contributed by atoms with Crippen LogP contribution < -0.4 is 4.72 Å². The van der Waals surface area contributed by atoms with Crippen LogP contribution in [0.1, 0.15) is 17.5 Å². The molecule has 0 saturated carbocycles. The number of hydrogen-bond acceptors (Lipinski definition) is 4. The minimum Gasteiger partial charge on any atom is -0.340 e. The Hall–Kier alpha value is -1.54. The Labute approximate surface area is 176 Å². The maximum absolute atomic E-state index is 13.0. The largest absolute Gasteiger partial charge is 0.340 e. The van der Waals surface area contributed by atoms with Gasteiger partial charge in [0.05, 0.1) is 4.90 Å². The molecule has 0 heterocycles. The molecule has 28 heavy (non-hydrogen) atoms. The van der Waals surface area contributed by atoms with Crippen LogP contribution >= 0.6 is 23.4 Å². The number of hydrogen-bond donors (Lipinski definition) is 1. The molecule has 0 saturated heterocycles. The number of likely N-dealkylation sites (N-methyl/N-ethyl adjacent to an activating group) is 1. The Morgan fingerprint density at radius 3 is 2.50 bits per heavy atom. The lowest BCUT2D eigenvalue weighted by atomic mass is 10.2. The summed E-state index contributed by atoms with van der Waals surface area (Å²) in [5.74, 6) is 0.391. The Morgan fingerprint density at radius 2 is 1.89 bits per heavy atom. The number of thioether (sulfide) groups is 1. The molecular formula is C20H25ClN2O3S2. The van der Waals surface area contributed by atoms with Gasteiger partial charge in [-0.15, -0.1) is 0 Å². The molecule has 0 bridgehead atoms. The van der Waals surface area contributed by atoms with Gasteiger partial charge in [0, 0.05) is 18.6 Å². The van der Waals surface area contributed by atoms with E-state index in [0.717, 1.165) is 11.1 Å². The van der Waals surface area contributed by atoms with E-state index in [2.05, 4.69) is 4.72 Å². The molecule has 0 aromatic heterocycles. The first-order valence-electron chi connectivity index (χ1n) is 8.80. The van der Waals surface area contributed by atoms with Crippen molar-refractivity contribution in [2.24, 2.45) is 0 Å². The Balaban J connectivity index is 2.16. The summed E-state index contributed by atoms with van der Waals surface area (Å²) >= 11 is 7.57. The number of amides is 1. The van der Waals surface area contributed by atoms with E-state index in [4.69, 9.17) is 11.6 Å². The maximum atomic E-state index is 13.0. The summed E-state index contributed by atoms with van der Waals surface area (Å²) in [6, 6.07) is 13.0. The topological polar surface area (TPSA) is 66.5 Å². The van der Waals surface area contributed by atoms with Crippen LogP contribution in [0.3, 0.4) is 0 Å². The van der Waals surface area contributed by atoms with E-state index in [1.165, 1.54) is 4.90 Å². The van der Waals surface area contributed by atoms with E-state index in [9.17, 15) is 13.2 Å². The number of nitrogens with zero attached hydrogens (tertiary/aromatic N) is 1. The summed E-state index contributed by atoms with van der Waals surface area (Å²) in [6.07, 6.45) is 2.33. The molecule has 0 aliphatic rings. The van der Waals surface area contributed by atoms with Crippen molar-refractivity contribution in [1.82, 2.24) is 9.62 Å².